The number of hydrogen-bond acceptors (Lipinski definition) is 1. The van der Waals surface area contributed by atoms with Gasteiger partial charge < -0.3 is 0 Å². The van der Waals surface area contributed by atoms with Crippen molar-refractivity contribution in [3.05, 3.63) is 12.2 Å². The van der Waals surface area contributed by atoms with Crippen LogP contribution in [0.2, 0.25) is 0 Å². The van der Waals surface area contributed by atoms with Crippen molar-refractivity contribution >= 4 is 5.78 Å². The Morgan fingerprint density at radius 2 is 2.25 bits per heavy atom. The van der Waals surface area contributed by atoms with Crippen molar-refractivity contribution in [2.24, 2.45) is 11.3 Å². The van der Waals surface area contributed by atoms with Gasteiger partial charge in [-0.3, -0.25) is 4.79 Å². The van der Waals surface area contributed by atoms with Crippen molar-refractivity contribution in [2.75, 3.05) is 0 Å². The predicted molar refractivity (Wildman–Crippen MR) is 48.8 cm³/mol. The van der Waals surface area contributed by atoms with Crippen LogP contribution in [0.25, 0.3) is 0 Å². The topological polar surface area (TPSA) is 17.1 Å². The van der Waals surface area contributed by atoms with Gasteiger partial charge in [0.15, 0.2) is 5.78 Å². The Morgan fingerprint density at radius 3 is 2.92 bits per heavy atom. The predicted octanol–water partition coefficient (Wildman–Crippen LogP) is 2.71. The van der Waals surface area contributed by atoms with Gasteiger partial charge in [-0.15, -0.1) is 0 Å². The lowest BCUT2D eigenvalue weighted by Gasteiger charge is -2.33. The van der Waals surface area contributed by atoms with Crippen molar-refractivity contribution in [1.82, 2.24) is 0 Å². The molecule has 1 unspecified atom stereocenters. The van der Waals surface area contributed by atoms with Crippen LogP contribution < -0.4 is 0 Å². The van der Waals surface area contributed by atoms with E-state index in [-0.39, 0.29) is 5.41 Å². The molecule has 0 bridgehead atoms. The van der Waals surface area contributed by atoms with E-state index in [4.69, 9.17) is 0 Å². The fourth-order valence-corrected chi connectivity index (χ4v) is 2.83. The molecule has 0 radical (unpaired) electrons. The summed E-state index contributed by atoms with van der Waals surface area (Å²) in [5.74, 6) is 0.971. The zero-order chi connectivity index (χ0) is 8.77. The average Bonchev–Trinajstić information content (AvgIpc) is 2.28. The number of rotatable bonds is 0. The van der Waals surface area contributed by atoms with E-state index >= 15 is 0 Å². The van der Waals surface area contributed by atoms with E-state index in [0.29, 0.717) is 11.7 Å². The van der Waals surface area contributed by atoms with Crippen LogP contribution in [-0.2, 0) is 4.79 Å². The normalized spacial score (nSPS) is 41.6. The lowest BCUT2D eigenvalue weighted by atomic mass is 9.69. The van der Waals surface area contributed by atoms with Crippen LogP contribution in [0.15, 0.2) is 12.2 Å². The van der Waals surface area contributed by atoms with Crippen molar-refractivity contribution in [3.63, 3.8) is 0 Å². The second kappa shape index (κ2) is 2.45. The standard InChI is InChI=1S/C11H16O/c1-8-7-9-5-3-4-6-11(9,2)10(8)12/h9H,1,3-7H2,2H3/t9?,11-/m0/s1. The van der Waals surface area contributed by atoms with E-state index in [0.717, 1.165) is 18.4 Å². The maximum atomic E-state index is 11.8. The Kier molecular flexibility index (Phi) is 1.64. The van der Waals surface area contributed by atoms with Crippen LogP contribution in [0.5, 0.6) is 0 Å². The summed E-state index contributed by atoms with van der Waals surface area (Å²) in [6.07, 6.45) is 5.83. The van der Waals surface area contributed by atoms with Gasteiger partial charge in [-0.1, -0.05) is 26.3 Å². The van der Waals surface area contributed by atoms with Crippen molar-refractivity contribution < 1.29 is 4.79 Å². The summed E-state index contributed by atoms with van der Waals surface area (Å²) in [4.78, 5) is 11.8. The van der Waals surface area contributed by atoms with Gasteiger partial charge in [0.1, 0.15) is 0 Å². The van der Waals surface area contributed by atoms with Crippen LogP contribution in [0.1, 0.15) is 39.0 Å². The summed E-state index contributed by atoms with van der Waals surface area (Å²) < 4.78 is 0. The lowest BCUT2D eigenvalue weighted by Crippen LogP contribution is -2.31. The first-order valence-corrected chi connectivity index (χ1v) is 4.87. The van der Waals surface area contributed by atoms with Crippen molar-refractivity contribution in [3.8, 4) is 0 Å². The first kappa shape index (κ1) is 8.03. The maximum Gasteiger partial charge on any atom is 0.164 e. The van der Waals surface area contributed by atoms with E-state index in [2.05, 4.69) is 13.5 Å². The molecule has 0 spiro atoms. The molecule has 0 saturated heterocycles. The average molecular weight is 164 g/mol. The second-order valence-electron chi connectivity index (χ2n) is 4.50. The fourth-order valence-electron chi connectivity index (χ4n) is 2.83. The van der Waals surface area contributed by atoms with Gasteiger partial charge in [-0.05, 0) is 30.8 Å². The molecular formula is C11H16O. The lowest BCUT2D eigenvalue weighted by molar-refractivity contribution is -0.125. The smallest absolute Gasteiger partial charge is 0.164 e. The summed E-state index contributed by atoms with van der Waals surface area (Å²) in [7, 11) is 0. The van der Waals surface area contributed by atoms with E-state index < -0.39 is 0 Å². The second-order valence-corrected chi connectivity index (χ2v) is 4.50. The van der Waals surface area contributed by atoms with Crippen molar-refractivity contribution in [1.29, 1.82) is 0 Å². The molecule has 0 aromatic heterocycles. The number of ketones is 1. The first-order valence-electron chi connectivity index (χ1n) is 4.87. The van der Waals surface area contributed by atoms with Gasteiger partial charge in [0, 0.05) is 5.41 Å². The SMILES string of the molecule is C=C1CC2CCCC[C@]2(C)C1=O. The van der Waals surface area contributed by atoms with E-state index in [1.54, 1.807) is 0 Å². The van der Waals surface area contributed by atoms with Crippen LogP contribution in [0, 0.1) is 11.3 Å². The first-order chi connectivity index (χ1) is 5.64. The highest BCUT2D eigenvalue weighted by molar-refractivity contribution is 6.01. The molecule has 2 saturated carbocycles. The van der Waals surface area contributed by atoms with Gasteiger partial charge >= 0.3 is 0 Å². The van der Waals surface area contributed by atoms with Gasteiger partial charge in [0.05, 0.1) is 0 Å². The highest BCUT2D eigenvalue weighted by Crippen LogP contribution is 2.51. The fraction of sp³-hybridized carbons (Fsp3) is 0.727. The Labute approximate surface area is 73.8 Å². The molecule has 0 aromatic rings. The van der Waals surface area contributed by atoms with E-state index in [9.17, 15) is 4.79 Å². The third-order valence-corrected chi connectivity index (χ3v) is 3.73. The molecule has 0 aromatic carbocycles. The molecule has 0 N–H and O–H groups in total. The molecule has 2 aliphatic carbocycles. The molecule has 2 rings (SSSR count). The maximum absolute atomic E-state index is 11.8. The third-order valence-electron chi connectivity index (χ3n) is 3.73. The molecule has 66 valence electrons. The summed E-state index contributed by atoms with van der Waals surface area (Å²) >= 11 is 0. The number of fused-ring (bicyclic) bond motifs is 1. The zero-order valence-electron chi connectivity index (χ0n) is 7.73. The molecule has 12 heavy (non-hydrogen) atoms. The number of hydrogen-bond donors (Lipinski definition) is 0. The van der Waals surface area contributed by atoms with Crippen molar-refractivity contribution in [2.45, 2.75) is 39.0 Å². The molecule has 0 heterocycles. The summed E-state index contributed by atoms with van der Waals surface area (Å²) in [6, 6.07) is 0. The summed E-state index contributed by atoms with van der Waals surface area (Å²) in [5, 5.41) is 0. The Bertz CT molecular complexity index is 241. The Balaban J connectivity index is 2.31. The minimum Gasteiger partial charge on any atom is -0.294 e. The number of Topliss-reactive ketones (excluding diaryl/α,β-unsaturated/α-hetero) is 1. The molecule has 2 fully saturated rings. The molecule has 1 heteroatoms. The summed E-state index contributed by atoms with van der Waals surface area (Å²) in [6.45, 7) is 5.99. The third kappa shape index (κ3) is 0.886. The van der Waals surface area contributed by atoms with Crippen LogP contribution in [0.4, 0.5) is 0 Å². The monoisotopic (exact) mass is 164 g/mol. The quantitative estimate of drug-likeness (QED) is 0.503. The van der Waals surface area contributed by atoms with Gasteiger partial charge in [0.2, 0.25) is 0 Å². The number of carbonyl (C=O) groups is 1. The zero-order valence-corrected chi connectivity index (χ0v) is 7.73. The van der Waals surface area contributed by atoms with Crippen LogP contribution >= 0.6 is 0 Å². The Morgan fingerprint density at radius 1 is 1.50 bits per heavy atom. The van der Waals surface area contributed by atoms with Gasteiger partial charge in [-0.25, -0.2) is 0 Å². The van der Waals surface area contributed by atoms with E-state index in [1.807, 2.05) is 0 Å². The van der Waals surface area contributed by atoms with Crippen LogP contribution in [-0.4, -0.2) is 5.78 Å². The molecule has 0 aliphatic heterocycles. The largest absolute Gasteiger partial charge is 0.294 e. The van der Waals surface area contributed by atoms with Gasteiger partial charge in [0.25, 0.3) is 0 Å². The van der Waals surface area contributed by atoms with Gasteiger partial charge in [-0.2, -0.15) is 0 Å². The minimum absolute atomic E-state index is 0.0185. The number of carbonyl (C=O) groups excluding carboxylic acids is 1. The molecular weight excluding hydrogens is 148 g/mol. The molecule has 1 nitrogen and oxygen atoms in total. The Hall–Kier alpha value is -0.590. The number of allylic oxidation sites excluding steroid dienone is 1. The minimum atomic E-state index is -0.0185. The molecule has 2 atom stereocenters. The highest BCUT2D eigenvalue weighted by atomic mass is 16.1. The molecule has 0 amide bonds. The summed E-state index contributed by atoms with van der Waals surface area (Å²) in [5.41, 5.74) is 0.861. The highest BCUT2D eigenvalue weighted by Gasteiger charge is 2.48. The molecule has 2 aliphatic rings. The van der Waals surface area contributed by atoms with E-state index in [1.165, 1.54) is 19.3 Å². The van der Waals surface area contributed by atoms with Crippen LogP contribution in [0.3, 0.4) is 0 Å².